The van der Waals surface area contributed by atoms with E-state index in [2.05, 4.69) is 11.4 Å². The zero-order chi connectivity index (χ0) is 22.0. The van der Waals surface area contributed by atoms with E-state index in [0.717, 1.165) is 30.4 Å². The maximum atomic E-state index is 13.3. The van der Waals surface area contributed by atoms with Gasteiger partial charge in [0.05, 0.1) is 10.6 Å². The highest BCUT2D eigenvalue weighted by Crippen LogP contribution is 2.37. The molecule has 0 radical (unpaired) electrons. The minimum absolute atomic E-state index is 0.105. The first-order chi connectivity index (χ1) is 14.9. The van der Waals surface area contributed by atoms with Crippen molar-refractivity contribution in [3.8, 4) is 0 Å². The van der Waals surface area contributed by atoms with Crippen molar-refractivity contribution in [2.45, 2.75) is 63.3 Å². The number of hydrogen-bond acceptors (Lipinski definition) is 3. The molecule has 1 aliphatic heterocycles. The first-order valence-electron chi connectivity index (χ1n) is 11.1. The molecular formula is C25H30N2O3S. The van der Waals surface area contributed by atoms with Crippen molar-refractivity contribution in [1.82, 2.24) is 5.32 Å². The minimum Gasteiger partial charge on any atom is -0.352 e. The number of hydrogen-bond donors (Lipinski definition) is 1. The fourth-order valence-corrected chi connectivity index (χ4v) is 6.20. The van der Waals surface area contributed by atoms with E-state index in [0.29, 0.717) is 24.2 Å². The van der Waals surface area contributed by atoms with Crippen LogP contribution in [0.3, 0.4) is 0 Å². The van der Waals surface area contributed by atoms with Crippen LogP contribution in [-0.4, -0.2) is 26.9 Å². The van der Waals surface area contributed by atoms with Crippen LogP contribution in [0.25, 0.3) is 0 Å². The second kappa shape index (κ2) is 8.87. The summed E-state index contributed by atoms with van der Waals surface area (Å²) in [6.45, 7) is 4.47. The van der Waals surface area contributed by atoms with Crippen molar-refractivity contribution in [1.29, 1.82) is 0 Å². The van der Waals surface area contributed by atoms with E-state index in [9.17, 15) is 13.2 Å². The van der Waals surface area contributed by atoms with Gasteiger partial charge in [-0.1, -0.05) is 29.3 Å². The van der Waals surface area contributed by atoms with Crippen molar-refractivity contribution < 1.29 is 13.2 Å². The number of fused-ring (bicyclic) bond motifs is 1. The molecule has 6 heteroatoms. The first-order valence-corrected chi connectivity index (χ1v) is 12.5. The third-order valence-corrected chi connectivity index (χ3v) is 8.13. The molecule has 0 fully saturated rings. The van der Waals surface area contributed by atoms with Gasteiger partial charge in [-0.15, -0.1) is 0 Å². The summed E-state index contributed by atoms with van der Waals surface area (Å²) in [6.07, 6.45) is 8.58. The summed E-state index contributed by atoms with van der Waals surface area (Å²) in [7, 11) is -3.65. The number of carbonyl (C=O) groups is 1. The number of rotatable bonds is 6. The SMILES string of the molecule is Cc1ccc(S(=O)(=O)N2c3ccc(C(=O)NCCC4=CCCCC4)cc3C[C@H]2C)cc1. The summed E-state index contributed by atoms with van der Waals surface area (Å²) in [4.78, 5) is 12.9. The summed E-state index contributed by atoms with van der Waals surface area (Å²) in [5, 5.41) is 3.01. The van der Waals surface area contributed by atoms with Gasteiger partial charge in [0.2, 0.25) is 0 Å². The van der Waals surface area contributed by atoms with Crippen LogP contribution in [0.5, 0.6) is 0 Å². The lowest BCUT2D eigenvalue weighted by molar-refractivity contribution is 0.0954. The van der Waals surface area contributed by atoms with Crippen molar-refractivity contribution in [2.24, 2.45) is 0 Å². The van der Waals surface area contributed by atoms with Crippen molar-refractivity contribution in [3.63, 3.8) is 0 Å². The molecule has 5 nitrogen and oxygen atoms in total. The Balaban J connectivity index is 1.49. The highest BCUT2D eigenvalue weighted by Gasteiger charge is 2.36. The number of anilines is 1. The molecule has 4 rings (SSSR count). The molecule has 2 aromatic carbocycles. The predicted octanol–water partition coefficient (Wildman–Crippen LogP) is 4.76. The topological polar surface area (TPSA) is 66.5 Å². The molecule has 0 saturated carbocycles. The number of nitrogens with zero attached hydrogens (tertiary/aromatic N) is 1. The second-order valence-electron chi connectivity index (χ2n) is 8.62. The van der Waals surface area contributed by atoms with Gasteiger partial charge in [0, 0.05) is 18.2 Å². The summed E-state index contributed by atoms with van der Waals surface area (Å²) in [5.74, 6) is -0.105. The number of benzene rings is 2. The smallest absolute Gasteiger partial charge is 0.264 e. The third kappa shape index (κ3) is 4.54. The molecule has 0 spiro atoms. The molecule has 164 valence electrons. The summed E-state index contributed by atoms with van der Waals surface area (Å²) in [6, 6.07) is 12.1. The summed E-state index contributed by atoms with van der Waals surface area (Å²) >= 11 is 0. The zero-order valence-corrected chi connectivity index (χ0v) is 19.0. The highest BCUT2D eigenvalue weighted by atomic mass is 32.2. The van der Waals surface area contributed by atoms with Crippen LogP contribution in [0.4, 0.5) is 5.69 Å². The van der Waals surface area contributed by atoms with Gasteiger partial charge in [-0.25, -0.2) is 8.42 Å². The molecule has 0 saturated heterocycles. The molecule has 1 atom stereocenters. The van der Waals surface area contributed by atoms with Crippen molar-refractivity contribution in [2.75, 3.05) is 10.8 Å². The Morgan fingerprint density at radius 2 is 1.90 bits per heavy atom. The van der Waals surface area contributed by atoms with E-state index in [1.165, 1.54) is 22.7 Å². The van der Waals surface area contributed by atoms with E-state index in [1.807, 2.05) is 32.0 Å². The van der Waals surface area contributed by atoms with Gasteiger partial charge in [-0.2, -0.15) is 0 Å². The van der Waals surface area contributed by atoms with Gasteiger partial charge in [0.25, 0.3) is 15.9 Å². The fourth-order valence-electron chi connectivity index (χ4n) is 4.50. The maximum absolute atomic E-state index is 13.3. The molecule has 0 unspecified atom stereocenters. The molecule has 2 aliphatic rings. The van der Waals surface area contributed by atoms with Crippen LogP contribution < -0.4 is 9.62 Å². The Hall–Kier alpha value is -2.60. The minimum atomic E-state index is -3.65. The number of amides is 1. The molecule has 31 heavy (non-hydrogen) atoms. The lowest BCUT2D eigenvalue weighted by Crippen LogP contribution is -2.35. The van der Waals surface area contributed by atoms with E-state index in [-0.39, 0.29) is 16.8 Å². The molecular weight excluding hydrogens is 408 g/mol. The van der Waals surface area contributed by atoms with Crippen LogP contribution in [0.15, 0.2) is 59.0 Å². The molecule has 2 aromatic rings. The Labute approximate surface area is 185 Å². The summed E-state index contributed by atoms with van der Waals surface area (Å²) in [5.41, 5.74) is 4.59. The molecule has 1 heterocycles. The number of allylic oxidation sites excluding steroid dienone is 1. The molecule has 1 aliphatic carbocycles. The van der Waals surface area contributed by atoms with Gasteiger partial charge in [-0.05, 0) is 88.3 Å². The average Bonchev–Trinajstić information content (AvgIpc) is 3.10. The Morgan fingerprint density at radius 1 is 1.13 bits per heavy atom. The van der Waals surface area contributed by atoms with Gasteiger partial charge in [0.15, 0.2) is 0 Å². The van der Waals surface area contributed by atoms with Crippen LogP contribution >= 0.6 is 0 Å². The molecule has 0 aromatic heterocycles. The second-order valence-corrected chi connectivity index (χ2v) is 10.4. The van der Waals surface area contributed by atoms with Crippen LogP contribution in [0.1, 0.15) is 60.5 Å². The van der Waals surface area contributed by atoms with Gasteiger partial charge < -0.3 is 5.32 Å². The normalized spacial score (nSPS) is 18.5. The predicted molar refractivity (Wildman–Crippen MR) is 124 cm³/mol. The Morgan fingerprint density at radius 3 is 2.61 bits per heavy atom. The number of nitrogens with one attached hydrogen (secondary N) is 1. The van der Waals surface area contributed by atoms with Crippen LogP contribution in [0, 0.1) is 6.92 Å². The first kappa shape index (κ1) is 21.6. The van der Waals surface area contributed by atoms with Gasteiger partial charge in [-0.3, -0.25) is 9.10 Å². The van der Waals surface area contributed by atoms with Gasteiger partial charge >= 0.3 is 0 Å². The van der Waals surface area contributed by atoms with Crippen LogP contribution in [-0.2, 0) is 16.4 Å². The summed E-state index contributed by atoms with van der Waals surface area (Å²) < 4.78 is 28.0. The lowest BCUT2D eigenvalue weighted by Gasteiger charge is -2.24. The maximum Gasteiger partial charge on any atom is 0.264 e. The van der Waals surface area contributed by atoms with Crippen molar-refractivity contribution >= 4 is 21.6 Å². The monoisotopic (exact) mass is 438 g/mol. The Bertz CT molecular complexity index is 1100. The van der Waals surface area contributed by atoms with Crippen LogP contribution in [0.2, 0.25) is 0 Å². The Kier molecular flexibility index (Phi) is 6.19. The van der Waals surface area contributed by atoms with E-state index >= 15 is 0 Å². The third-order valence-electron chi connectivity index (χ3n) is 6.19. The van der Waals surface area contributed by atoms with Crippen molar-refractivity contribution in [3.05, 3.63) is 70.8 Å². The highest BCUT2D eigenvalue weighted by molar-refractivity contribution is 7.92. The van der Waals surface area contributed by atoms with E-state index in [4.69, 9.17) is 0 Å². The standard InChI is InChI=1S/C25H30N2O3S/c1-18-8-11-23(12-9-18)31(29,30)27-19(2)16-22-17-21(10-13-24(22)27)25(28)26-15-14-20-6-4-3-5-7-20/h6,8-13,17,19H,3-5,7,14-16H2,1-2H3,(H,26,28)/t19-/m1/s1. The number of carbonyl (C=O) groups excluding carboxylic acids is 1. The average molecular weight is 439 g/mol. The number of aryl methyl sites for hydroxylation is 1. The van der Waals surface area contributed by atoms with Gasteiger partial charge in [0.1, 0.15) is 0 Å². The van der Waals surface area contributed by atoms with E-state index < -0.39 is 10.0 Å². The molecule has 0 bridgehead atoms. The largest absolute Gasteiger partial charge is 0.352 e. The molecule has 1 amide bonds. The molecule has 1 N–H and O–H groups in total. The fraction of sp³-hybridized carbons (Fsp3) is 0.400. The zero-order valence-electron chi connectivity index (χ0n) is 18.2. The lowest BCUT2D eigenvalue weighted by atomic mass is 9.97. The number of sulfonamides is 1. The van der Waals surface area contributed by atoms with E-state index in [1.54, 1.807) is 24.3 Å². The quantitative estimate of drug-likeness (QED) is 0.662.